The number of hydrogen-bond acceptors (Lipinski definition) is 0. The first-order chi connectivity index (χ1) is 13.0. The van der Waals surface area contributed by atoms with E-state index in [2.05, 4.69) is 68.2 Å². The van der Waals surface area contributed by atoms with Crippen molar-refractivity contribution in [3.05, 3.63) is 93.8 Å². The lowest BCUT2D eigenvalue weighted by molar-refractivity contribution is 0.597. The minimum Gasteiger partial charge on any atom is -0.206 e. The standard InChI is InChI=1S/C26H25F/c1-5-21-16-20(17-22(6-2)26(21)27)9-12-23-13-14-25(15-19(23)4)24-10-7-18(3)8-11-24/h7-8,10-11,13-17H,5-6H2,1-4H3. The zero-order valence-corrected chi connectivity index (χ0v) is 16.5. The van der Waals surface area contributed by atoms with Gasteiger partial charge >= 0.3 is 0 Å². The predicted octanol–water partition coefficient (Wildman–Crippen LogP) is 6.63. The van der Waals surface area contributed by atoms with Crippen LogP contribution in [-0.2, 0) is 12.8 Å². The molecule has 0 spiro atoms. The van der Waals surface area contributed by atoms with Gasteiger partial charge in [0.1, 0.15) is 5.82 Å². The van der Waals surface area contributed by atoms with E-state index in [1.54, 1.807) is 0 Å². The molecule has 3 aromatic rings. The summed E-state index contributed by atoms with van der Waals surface area (Å²) < 4.78 is 14.3. The summed E-state index contributed by atoms with van der Waals surface area (Å²) in [6, 6.07) is 18.7. The Labute approximate surface area is 162 Å². The second-order valence-corrected chi connectivity index (χ2v) is 6.96. The van der Waals surface area contributed by atoms with Crippen LogP contribution in [0.2, 0.25) is 0 Å². The Morgan fingerprint density at radius 3 is 1.89 bits per heavy atom. The van der Waals surface area contributed by atoms with Crippen molar-refractivity contribution in [2.24, 2.45) is 0 Å². The van der Waals surface area contributed by atoms with Crippen molar-refractivity contribution in [3.63, 3.8) is 0 Å². The Kier molecular flexibility index (Phi) is 5.77. The molecule has 0 nitrogen and oxygen atoms in total. The molecular weight excluding hydrogens is 331 g/mol. The maximum atomic E-state index is 14.3. The molecule has 0 saturated heterocycles. The highest BCUT2D eigenvalue weighted by atomic mass is 19.1. The van der Waals surface area contributed by atoms with Crippen molar-refractivity contribution < 1.29 is 4.39 Å². The van der Waals surface area contributed by atoms with Crippen molar-refractivity contribution in [2.45, 2.75) is 40.5 Å². The predicted molar refractivity (Wildman–Crippen MR) is 112 cm³/mol. The first kappa shape index (κ1) is 18.9. The third kappa shape index (κ3) is 4.29. The highest BCUT2D eigenvalue weighted by Crippen LogP contribution is 2.23. The first-order valence-corrected chi connectivity index (χ1v) is 9.52. The summed E-state index contributed by atoms with van der Waals surface area (Å²) in [5, 5.41) is 0. The monoisotopic (exact) mass is 356 g/mol. The van der Waals surface area contributed by atoms with E-state index in [0.29, 0.717) is 12.8 Å². The minimum atomic E-state index is -0.0795. The molecule has 0 aliphatic carbocycles. The van der Waals surface area contributed by atoms with Crippen molar-refractivity contribution in [2.75, 3.05) is 0 Å². The van der Waals surface area contributed by atoms with Crippen LogP contribution in [0.1, 0.15) is 47.2 Å². The van der Waals surface area contributed by atoms with Gasteiger partial charge in [-0.1, -0.05) is 67.6 Å². The lowest BCUT2D eigenvalue weighted by Gasteiger charge is -2.07. The number of benzene rings is 3. The van der Waals surface area contributed by atoms with E-state index in [0.717, 1.165) is 27.8 Å². The molecule has 27 heavy (non-hydrogen) atoms. The van der Waals surface area contributed by atoms with E-state index in [1.807, 2.05) is 26.0 Å². The quantitative estimate of drug-likeness (QED) is 0.462. The largest absolute Gasteiger partial charge is 0.206 e. The van der Waals surface area contributed by atoms with Gasteiger partial charge in [0, 0.05) is 11.1 Å². The van der Waals surface area contributed by atoms with Gasteiger partial charge < -0.3 is 0 Å². The second-order valence-electron chi connectivity index (χ2n) is 6.96. The molecule has 0 heterocycles. The Balaban J connectivity index is 1.92. The van der Waals surface area contributed by atoms with Crippen LogP contribution in [0.4, 0.5) is 4.39 Å². The smallest absolute Gasteiger partial charge is 0.129 e. The van der Waals surface area contributed by atoms with Gasteiger partial charge in [-0.3, -0.25) is 0 Å². The average Bonchev–Trinajstić information content (AvgIpc) is 2.68. The maximum Gasteiger partial charge on any atom is 0.129 e. The van der Waals surface area contributed by atoms with E-state index in [9.17, 15) is 4.39 Å². The molecule has 0 saturated carbocycles. The fourth-order valence-corrected chi connectivity index (χ4v) is 3.21. The fraction of sp³-hybridized carbons (Fsp3) is 0.231. The van der Waals surface area contributed by atoms with Crippen LogP contribution in [-0.4, -0.2) is 0 Å². The van der Waals surface area contributed by atoms with Crippen LogP contribution in [0, 0.1) is 31.5 Å². The molecular formula is C26H25F. The van der Waals surface area contributed by atoms with Gasteiger partial charge in [-0.25, -0.2) is 4.39 Å². The topological polar surface area (TPSA) is 0 Å². The van der Waals surface area contributed by atoms with Gasteiger partial charge in [-0.05, 0) is 72.7 Å². The molecule has 0 aliphatic rings. The van der Waals surface area contributed by atoms with Crippen LogP contribution < -0.4 is 0 Å². The average molecular weight is 356 g/mol. The molecule has 0 radical (unpaired) electrons. The lowest BCUT2D eigenvalue weighted by Crippen LogP contribution is -1.96. The normalized spacial score (nSPS) is 10.4. The van der Waals surface area contributed by atoms with Gasteiger partial charge in [-0.2, -0.15) is 0 Å². The Bertz CT molecular complexity index is 989. The molecule has 0 aromatic heterocycles. The fourth-order valence-electron chi connectivity index (χ4n) is 3.21. The van der Waals surface area contributed by atoms with Crippen molar-refractivity contribution >= 4 is 0 Å². The summed E-state index contributed by atoms with van der Waals surface area (Å²) in [5.74, 6) is 6.42. The Morgan fingerprint density at radius 1 is 0.741 bits per heavy atom. The van der Waals surface area contributed by atoms with E-state index in [-0.39, 0.29) is 5.82 Å². The highest BCUT2D eigenvalue weighted by molar-refractivity contribution is 5.66. The summed E-state index contributed by atoms with van der Waals surface area (Å²) in [6.45, 7) is 8.13. The molecule has 3 rings (SSSR count). The number of halogens is 1. The molecule has 1 heteroatoms. The van der Waals surface area contributed by atoms with E-state index in [4.69, 9.17) is 0 Å². The summed E-state index contributed by atoms with van der Waals surface area (Å²) in [6.07, 6.45) is 1.36. The minimum absolute atomic E-state index is 0.0795. The van der Waals surface area contributed by atoms with Crippen LogP contribution in [0.25, 0.3) is 11.1 Å². The van der Waals surface area contributed by atoms with Crippen LogP contribution in [0.15, 0.2) is 54.6 Å². The summed E-state index contributed by atoms with van der Waals surface area (Å²) in [7, 11) is 0. The molecule has 0 N–H and O–H groups in total. The summed E-state index contributed by atoms with van der Waals surface area (Å²) in [5.41, 5.74) is 8.18. The van der Waals surface area contributed by atoms with Crippen LogP contribution >= 0.6 is 0 Å². The van der Waals surface area contributed by atoms with Crippen molar-refractivity contribution in [1.82, 2.24) is 0 Å². The van der Waals surface area contributed by atoms with Gasteiger partial charge in [-0.15, -0.1) is 0 Å². The Morgan fingerprint density at radius 2 is 1.33 bits per heavy atom. The first-order valence-electron chi connectivity index (χ1n) is 9.52. The zero-order valence-electron chi connectivity index (χ0n) is 16.5. The van der Waals surface area contributed by atoms with Gasteiger partial charge in [0.15, 0.2) is 0 Å². The molecule has 3 aromatic carbocycles. The second kappa shape index (κ2) is 8.23. The molecule has 0 bridgehead atoms. The molecule has 0 fully saturated rings. The Hall–Kier alpha value is -2.85. The van der Waals surface area contributed by atoms with E-state index < -0.39 is 0 Å². The number of aryl methyl sites for hydroxylation is 4. The highest BCUT2D eigenvalue weighted by Gasteiger charge is 2.07. The number of rotatable bonds is 3. The molecule has 136 valence electrons. The van der Waals surface area contributed by atoms with Crippen molar-refractivity contribution in [1.29, 1.82) is 0 Å². The van der Waals surface area contributed by atoms with Gasteiger partial charge in [0.25, 0.3) is 0 Å². The third-order valence-corrected chi connectivity index (χ3v) is 4.94. The van der Waals surface area contributed by atoms with E-state index in [1.165, 1.54) is 16.7 Å². The molecule has 0 atom stereocenters. The number of hydrogen-bond donors (Lipinski definition) is 0. The third-order valence-electron chi connectivity index (χ3n) is 4.94. The summed E-state index contributed by atoms with van der Waals surface area (Å²) >= 11 is 0. The lowest BCUT2D eigenvalue weighted by atomic mass is 9.98. The van der Waals surface area contributed by atoms with Crippen molar-refractivity contribution in [3.8, 4) is 23.0 Å². The molecule has 0 amide bonds. The molecule has 0 aliphatic heterocycles. The van der Waals surface area contributed by atoms with Gasteiger partial charge in [0.2, 0.25) is 0 Å². The SMILES string of the molecule is CCc1cc(C#Cc2ccc(-c3ccc(C)cc3)cc2C)cc(CC)c1F. The maximum absolute atomic E-state index is 14.3. The van der Waals surface area contributed by atoms with Crippen LogP contribution in [0.5, 0.6) is 0 Å². The van der Waals surface area contributed by atoms with Gasteiger partial charge in [0.05, 0.1) is 0 Å². The summed E-state index contributed by atoms with van der Waals surface area (Å²) in [4.78, 5) is 0. The van der Waals surface area contributed by atoms with Crippen LogP contribution in [0.3, 0.4) is 0 Å². The van der Waals surface area contributed by atoms with E-state index >= 15 is 0 Å². The molecule has 0 unspecified atom stereocenters. The zero-order chi connectivity index (χ0) is 19.4.